The lowest BCUT2D eigenvalue weighted by Gasteiger charge is -2.39. The van der Waals surface area contributed by atoms with E-state index >= 15 is 4.79 Å². The maximum atomic E-state index is 15.1. The summed E-state index contributed by atoms with van der Waals surface area (Å²) in [5.74, 6) is -1.60. The summed E-state index contributed by atoms with van der Waals surface area (Å²) in [6.07, 6.45) is 8.34. The minimum Gasteiger partial charge on any atom is -0.494 e. The zero-order chi connectivity index (χ0) is 33.6. The van der Waals surface area contributed by atoms with Crippen LogP contribution in [0.25, 0.3) is 0 Å². The van der Waals surface area contributed by atoms with Gasteiger partial charge in [0, 0.05) is 34.2 Å². The first-order valence-electron chi connectivity index (χ1n) is 16.3. The van der Waals surface area contributed by atoms with Gasteiger partial charge < -0.3 is 24.5 Å². The Morgan fingerprint density at radius 2 is 1.48 bits per heavy atom. The van der Waals surface area contributed by atoms with Crippen molar-refractivity contribution in [2.24, 2.45) is 11.8 Å². The Bertz CT molecular complexity index is 1770. The number of hydrogen-bond donors (Lipinski definition) is 1. The summed E-state index contributed by atoms with van der Waals surface area (Å²) in [5, 5.41) is 11.4. The number of thioether (sulfide) groups is 1. The van der Waals surface area contributed by atoms with Gasteiger partial charge in [-0.3, -0.25) is 14.4 Å². The number of ether oxygens (including phenoxy) is 1. The molecule has 8 nitrogen and oxygen atoms in total. The van der Waals surface area contributed by atoms with Gasteiger partial charge in [-0.2, -0.15) is 0 Å². The molecular formula is C38H38ClN3O5S. The van der Waals surface area contributed by atoms with Crippen molar-refractivity contribution in [1.29, 1.82) is 0 Å². The first-order valence-corrected chi connectivity index (χ1v) is 17.5. The van der Waals surface area contributed by atoms with Crippen LogP contribution >= 0.6 is 23.4 Å². The lowest BCUT2D eigenvalue weighted by molar-refractivity contribution is -0.142. The second-order valence-electron chi connectivity index (χ2n) is 12.9. The molecule has 4 aliphatic heterocycles. The molecule has 0 saturated carbocycles. The molecule has 2 fully saturated rings. The second-order valence-corrected chi connectivity index (χ2v) is 15.1. The summed E-state index contributed by atoms with van der Waals surface area (Å²) in [5.41, 5.74) is 2.31. The number of hydrogen-bond acceptors (Lipinski definition) is 6. The molecule has 0 aliphatic carbocycles. The van der Waals surface area contributed by atoms with Gasteiger partial charge in [-0.1, -0.05) is 66.2 Å². The molecule has 4 heterocycles. The Balaban J connectivity index is 1.34. The topological polar surface area (TPSA) is 90.4 Å². The van der Waals surface area contributed by atoms with Crippen LogP contribution in [-0.4, -0.2) is 75.6 Å². The van der Waals surface area contributed by atoms with Crippen LogP contribution in [0.4, 0.5) is 11.4 Å². The van der Waals surface area contributed by atoms with Gasteiger partial charge in [0.15, 0.2) is 0 Å². The normalized spacial score (nSPS) is 28.5. The molecule has 0 aromatic heterocycles. The largest absolute Gasteiger partial charge is 0.494 e. The van der Waals surface area contributed by atoms with E-state index in [9.17, 15) is 14.7 Å². The van der Waals surface area contributed by atoms with Gasteiger partial charge in [0.2, 0.25) is 11.8 Å². The number of carbonyl (C=O) groups is 3. The zero-order valence-corrected chi connectivity index (χ0v) is 28.4. The maximum absolute atomic E-state index is 15.1. The number of halogens is 1. The summed E-state index contributed by atoms with van der Waals surface area (Å²) in [4.78, 5) is 49.8. The lowest BCUT2D eigenvalue weighted by atomic mass is 9.74. The standard InChI is InChI=1S/C38H38ClN3O5S/c1-3-47-30-17-15-28(16-18-30)40-21-7-19-37(2)31(34(40)44)32-35(45)42(29(24-43)23-25-9-5-4-6-10-25)33-36(46)41(22-8-20-38(32,33)48-37)27-13-11-26(39)12-14-27/h4-20,29,31-33,43H,3,21-24H2,1-2H3/t29-,31+,32+,33?,37-,38+/m1/s1. The van der Waals surface area contributed by atoms with Gasteiger partial charge in [-0.05, 0) is 74.4 Å². The van der Waals surface area contributed by atoms with Crippen molar-refractivity contribution in [1.82, 2.24) is 4.90 Å². The van der Waals surface area contributed by atoms with E-state index in [2.05, 4.69) is 0 Å². The average molecular weight is 684 g/mol. The summed E-state index contributed by atoms with van der Waals surface area (Å²) in [7, 11) is 0. The quantitative estimate of drug-likeness (QED) is 0.314. The monoisotopic (exact) mass is 683 g/mol. The van der Waals surface area contributed by atoms with Crippen molar-refractivity contribution in [2.45, 2.75) is 41.8 Å². The van der Waals surface area contributed by atoms with Crippen LogP contribution in [0, 0.1) is 11.8 Å². The highest BCUT2D eigenvalue weighted by Gasteiger charge is 2.74. The van der Waals surface area contributed by atoms with E-state index in [0.717, 1.165) is 5.56 Å². The molecule has 3 aromatic carbocycles. The van der Waals surface area contributed by atoms with Crippen LogP contribution in [-0.2, 0) is 20.8 Å². The Morgan fingerprint density at radius 1 is 0.854 bits per heavy atom. The molecule has 2 saturated heterocycles. The van der Waals surface area contributed by atoms with Crippen molar-refractivity contribution in [2.75, 3.05) is 36.1 Å². The SMILES string of the molecule is CCOc1ccc(N2CC=C[C@@]3(C)S[C@]45C=CCN(c6ccc(Cl)cc6)C(=O)C4N([C@@H](CO)Cc4ccccc4)C(=O)[C@@H]5[C@H]3C2=O)cc1. The third-order valence-corrected chi connectivity index (χ3v) is 12.1. The van der Waals surface area contributed by atoms with E-state index in [1.165, 1.54) is 11.8 Å². The van der Waals surface area contributed by atoms with Crippen molar-refractivity contribution in [3.8, 4) is 5.75 Å². The first-order chi connectivity index (χ1) is 23.2. The highest BCUT2D eigenvalue weighted by molar-refractivity contribution is 8.02. The van der Waals surface area contributed by atoms with E-state index in [4.69, 9.17) is 16.3 Å². The molecule has 48 heavy (non-hydrogen) atoms. The van der Waals surface area contributed by atoms with E-state index in [0.29, 0.717) is 48.3 Å². The van der Waals surface area contributed by atoms with Gasteiger partial charge in [0.25, 0.3) is 5.91 Å². The van der Waals surface area contributed by atoms with Crippen molar-refractivity contribution >= 4 is 52.5 Å². The summed E-state index contributed by atoms with van der Waals surface area (Å²) in [6.45, 7) is 4.77. The number of fused-ring (bicyclic) bond motifs is 2. The molecule has 1 N–H and O–H groups in total. The van der Waals surface area contributed by atoms with Gasteiger partial charge in [0.1, 0.15) is 11.8 Å². The second kappa shape index (κ2) is 12.8. The van der Waals surface area contributed by atoms with Crippen LogP contribution in [0.15, 0.2) is 103 Å². The molecule has 4 aliphatic rings. The molecule has 7 rings (SSSR count). The average Bonchev–Trinajstić information content (AvgIpc) is 3.36. The molecule has 1 spiro atoms. The zero-order valence-electron chi connectivity index (χ0n) is 26.9. The number of benzene rings is 3. The fourth-order valence-corrected chi connectivity index (χ4v) is 10.2. The lowest BCUT2D eigenvalue weighted by Crippen LogP contribution is -2.57. The molecule has 0 radical (unpaired) electrons. The highest BCUT2D eigenvalue weighted by Crippen LogP contribution is 2.66. The first kappa shape index (κ1) is 32.5. The molecule has 3 aromatic rings. The molecular weight excluding hydrogens is 646 g/mol. The van der Waals surface area contributed by atoms with Gasteiger partial charge >= 0.3 is 0 Å². The number of carbonyl (C=O) groups excluding carboxylic acids is 3. The maximum Gasteiger partial charge on any atom is 0.251 e. The van der Waals surface area contributed by atoms with Crippen LogP contribution in [0.1, 0.15) is 19.4 Å². The Kier molecular flexibility index (Phi) is 8.64. The van der Waals surface area contributed by atoms with Crippen molar-refractivity contribution in [3.05, 3.63) is 114 Å². The predicted molar refractivity (Wildman–Crippen MR) is 189 cm³/mol. The Morgan fingerprint density at radius 3 is 2.12 bits per heavy atom. The third-order valence-electron chi connectivity index (χ3n) is 10.0. The summed E-state index contributed by atoms with van der Waals surface area (Å²) < 4.78 is 3.81. The van der Waals surface area contributed by atoms with E-state index in [-0.39, 0.29) is 24.3 Å². The van der Waals surface area contributed by atoms with Gasteiger partial charge in [0.05, 0.1) is 35.8 Å². The predicted octanol–water partition coefficient (Wildman–Crippen LogP) is 5.54. The molecule has 0 bridgehead atoms. The molecule has 10 heteroatoms. The molecule has 6 atom stereocenters. The number of likely N-dealkylation sites (tertiary alicyclic amines) is 1. The van der Waals surface area contributed by atoms with Gasteiger partial charge in [-0.25, -0.2) is 0 Å². The fourth-order valence-electron chi connectivity index (χ4n) is 7.97. The van der Waals surface area contributed by atoms with Gasteiger partial charge in [-0.15, -0.1) is 11.8 Å². The fraction of sp³-hybridized carbons (Fsp3) is 0.342. The van der Waals surface area contributed by atoms with Crippen LogP contribution in [0.3, 0.4) is 0 Å². The number of aliphatic hydroxyl groups is 1. The third kappa shape index (κ3) is 5.32. The molecule has 248 valence electrons. The van der Waals surface area contributed by atoms with E-state index < -0.39 is 33.4 Å². The smallest absolute Gasteiger partial charge is 0.251 e. The number of aliphatic hydroxyl groups excluding tert-OH is 1. The Labute approximate surface area is 290 Å². The van der Waals surface area contributed by atoms with E-state index in [1.807, 2.05) is 92.7 Å². The number of rotatable bonds is 8. The van der Waals surface area contributed by atoms with Crippen LogP contribution in [0.5, 0.6) is 5.75 Å². The Hall–Kier alpha value is -4.05. The van der Waals surface area contributed by atoms with E-state index in [1.54, 1.807) is 39.0 Å². The van der Waals surface area contributed by atoms with Crippen molar-refractivity contribution in [3.63, 3.8) is 0 Å². The number of amides is 3. The highest BCUT2D eigenvalue weighted by atomic mass is 35.5. The number of anilines is 2. The van der Waals surface area contributed by atoms with Crippen LogP contribution < -0.4 is 14.5 Å². The molecule has 1 unspecified atom stereocenters. The van der Waals surface area contributed by atoms with Crippen LogP contribution in [0.2, 0.25) is 5.02 Å². The summed E-state index contributed by atoms with van der Waals surface area (Å²) >= 11 is 7.73. The van der Waals surface area contributed by atoms with Crippen molar-refractivity contribution < 1.29 is 24.2 Å². The molecule has 3 amide bonds. The number of nitrogens with zero attached hydrogens (tertiary/aromatic N) is 3. The minimum atomic E-state index is -1.05. The minimum absolute atomic E-state index is 0.168. The summed E-state index contributed by atoms with van der Waals surface area (Å²) in [6, 6.07) is 22.5.